The quantitative estimate of drug-likeness (QED) is 0.482. The Kier molecular flexibility index (Phi) is 5.29. The van der Waals surface area contributed by atoms with E-state index < -0.39 is 0 Å². The van der Waals surface area contributed by atoms with Gasteiger partial charge in [0.05, 0.1) is 11.1 Å². The third-order valence-corrected chi connectivity index (χ3v) is 7.52. The van der Waals surface area contributed by atoms with Gasteiger partial charge < -0.3 is 4.98 Å². The van der Waals surface area contributed by atoms with Crippen molar-refractivity contribution in [1.29, 1.82) is 0 Å². The van der Waals surface area contributed by atoms with Crippen LogP contribution in [0.15, 0.2) is 9.95 Å². The van der Waals surface area contributed by atoms with E-state index in [0.29, 0.717) is 10.3 Å². The minimum atomic E-state index is -0.195. The Morgan fingerprint density at radius 1 is 1.26 bits per heavy atom. The third kappa shape index (κ3) is 3.92. The van der Waals surface area contributed by atoms with E-state index in [1.54, 1.807) is 11.3 Å². The van der Waals surface area contributed by atoms with Crippen molar-refractivity contribution >= 4 is 55.7 Å². The zero-order valence-corrected chi connectivity index (χ0v) is 17.4. The summed E-state index contributed by atoms with van der Waals surface area (Å²) in [6, 6.07) is 0. The molecule has 1 aliphatic carbocycles. The van der Waals surface area contributed by atoms with E-state index in [9.17, 15) is 9.59 Å². The molecule has 3 aromatic heterocycles. The lowest BCUT2D eigenvalue weighted by Gasteiger charge is -2.09. The van der Waals surface area contributed by atoms with Crippen molar-refractivity contribution in [2.75, 3.05) is 11.1 Å². The maximum absolute atomic E-state index is 12.5. The van der Waals surface area contributed by atoms with Crippen LogP contribution in [0.2, 0.25) is 0 Å². The summed E-state index contributed by atoms with van der Waals surface area (Å²) in [5.74, 6) is 0.232. The Hall–Kier alpha value is -1.78. The number of aromatic nitrogens is 4. The number of nitrogens with one attached hydrogen (secondary N) is 2. The summed E-state index contributed by atoms with van der Waals surface area (Å²) in [5, 5.41) is 13.4. The van der Waals surface area contributed by atoms with Gasteiger partial charge in [0.2, 0.25) is 11.0 Å². The zero-order chi connectivity index (χ0) is 19.0. The lowest BCUT2D eigenvalue weighted by molar-refractivity contribution is -0.113. The molecule has 0 radical (unpaired) electrons. The predicted octanol–water partition coefficient (Wildman–Crippen LogP) is 3.57. The molecule has 3 aromatic rings. The Labute approximate surface area is 168 Å². The molecular formula is C17H19N5O2S3. The van der Waals surface area contributed by atoms with Gasteiger partial charge in [-0.3, -0.25) is 14.9 Å². The highest BCUT2D eigenvalue weighted by Gasteiger charge is 2.20. The molecule has 0 atom stereocenters. The largest absolute Gasteiger partial charge is 0.301 e. The Bertz CT molecular complexity index is 1050. The van der Waals surface area contributed by atoms with Gasteiger partial charge in [0.15, 0.2) is 5.16 Å². The molecule has 0 saturated carbocycles. The molecule has 1 aliphatic rings. The van der Waals surface area contributed by atoms with Gasteiger partial charge in [-0.1, -0.05) is 36.9 Å². The molecule has 10 heteroatoms. The standard InChI is InChI=1S/C17H19N5O2S3/c1-8(2)14-21-22-17(27-14)18-11(23)7-25-16-19-13(24)12-9-5-3-4-6-10(9)26-15(12)20-16/h8H,3-7H2,1-2H3,(H,18,22,23)(H,19,20,24). The average molecular weight is 422 g/mol. The second kappa shape index (κ2) is 7.69. The fraction of sp³-hybridized carbons (Fsp3) is 0.471. The van der Waals surface area contributed by atoms with Gasteiger partial charge in [-0.25, -0.2) is 4.98 Å². The van der Waals surface area contributed by atoms with Crippen molar-refractivity contribution in [2.45, 2.75) is 50.6 Å². The van der Waals surface area contributed by atoms with Gasteiger partial charge in [0.1, 0.15) is 9.84 Å². The summed E-state index contributed by atoms with van der Waals surface area (Å²) < 4.78 is 0. The van der Waals surface area contributed by atoms with Crippen LogP contribution >= 0.6 is 34.4 Å². The molecule has 3 heterocycles. The molecule has 0 saturated heterocycles. The van der Waals surface area contributed by atoms with Crippen LogP contribution in [0.4, 0.5) is 5.13 Å². The molecule has 142 valence electrons. The average Bonchev–Trinajstić information content (AvgIpc) is 3.24. The summed E-state index contributed by atoms with van der Waals surface area (Å²) in [6.45, 7) is 4.06. The van der Waals surface area contributed by atoms with E-state index in [4.69, 9.17) is 0 Å². The van der Waals surface area contributed by atoms with Crippen LogP contribution in [0.5, 0.6) is 0 Å². The summed E-state index contributed by atoms with van der Waals surface area (Å²) >= 11 is 4.20. The zero-order valence-electron chi connectivity index (χ0n) is 15.0. The second-order valence-electron chi connectivity index (χ2n) is 6.70. The number of thiophene rings is 1. The summed E-state index contributed by atoms with van der Waals surface area (Å²) in [7, 11) is 0. The molecule has 0 aliphatic heterocycles. The maximum Gasteiger partial charge on any atom is 0.260 e. The maximum atomic E-state index is 12.5. The summed E-state index contributed by atoms with van der Waals surface area (Å²) in [6.07, 6.45) is 4.28. The SMILES string of the molecule is CC(C)c1nnc(NC(=O)CSc2nc3sc4c(c3c(=O)[nH]2)CCCC4)s1. The number of amides is 1. The van der Waals surface area contributed by atoms with E-state index >= 15 is 0 Å². The third-order valence-electron chi connectivity index (χ3n) is 4.32. The fourth-order valence-electron chi connectivity index (χ4n) is 3.02. The van der Waals surface area contributed by atoms with Gasteiger partial charge in [0.25, 0.3) is 5.56 Å². The number of anilines is 1. The number of H-pyrrole nitrogens is 1. The van der Waals surface area contributed by atoms with Crippen molar-refractivity contribution in [3.8, 4) is 0 Å². The number of aryl methyl sites for hydroxylation is 2. The highest BCUT2D eigenvalue weighted by Crippen LogP contribution is 2.34. The van der Waals surface area contributed by atoms with Crippen molar-refractivity contribution in [3.05, 3.63) is 25.8 Å². The van der Waals surface area contributed by atoms with Crippen LogP contribution in [0.3, 0.4) is 0 Å². The number of carbonyl (C=O) groups excluding carboxylic acids is 1. The number of aromatic amines is 1. The van der Waals surface area contributed by atoms with Crippen molar-refractivity contribution in [1.82, 2.24) is 20.2 Å². The Balaban J connectivity index is 1.45. The van der Waals surface area contributed by atoms with Crippen LogP contribution in [-0.4, -0.2) is 31.8 Å². The first-order valence-corrected chi connectivity index (χ1v) is 11.4. The van der Waals surface area contributed by atoms with Gasteiger partial charge in [0, 0.05) is 10.8 Å². The predicted molar refractivity (Wildman–Crippen MR) is 110 cm³/mol. The van der Waals surface area contributed by atoms with Crippen LogP contribution in [-0.2, 0) is 17.6 Å². The van der Waals surface area contributed by atoms with Crippen LogP contribution < -0.4 is 10.9 Å². The number of fused-ring (bicyclic) bond motifs is 3. The van der Waals surface area contributed by atoms with Crippen molar-refractivity contribution in [2.24, 2.45) is 0 Å². The smallest absolute Gasteiger partial charge is 0.260 e. The van der Waals surface area contributed by atoms with Crippen molar-refractivity contribution < 1.29 is 4.79 Å². The molecule has 0 fully saturated rings. The molecule has 1 amide bonds. The molecule has 2 N–H and O–H groups in total. The van der Waals surface area contributed by atoms with E-state index in [1.807, 2.05) is 13.8 Å². The Morgan fingerprint density at radius 2 is 2.07 bits per heavy atom. The van der Waals surface area contributed by atoms with E-state index in [-0.39, 0.29) is 23.1 Å². The Morgan fingerprint density at radius 3 is 2.85 bits per heavy atom. The molecule has 4 rings (SSSR count). The van der Waals surface area contributed by atoms with E-state index in [2.05, 4.69) is 25.5 Å². The number of hydrogen-bond acceptors (Lipinski definition) is 8. The number of thioether (sulfide) groups is 1. The molecule has 0 aromatic carbocycles. The molecule has 0 bridgehead atoms. The van der Waals surface area contributed by atoms with Crippen LogP contribution in [0.1, 0.15) is 48.1 Å². The molecule has 27 heavy (non-hydrogen) atoms. The molecule has 0 spiro atoms. The monoisotopic (exact) mass is 421 g/mol. The van der Waals surface area contributed by atoms with Gasteiger partial charge >= 0.3 is 0 Å². The number of rotatable bonds is 5. The lowest BCUT2D eigenvalue weighted by atomic mass is 9.97. The summed E-state index contributed by atoms with van der Waals surface area (Å²) in [4.78, 5) is 34.1. The second-order valence-corrected chi connectivity index (χ2v) is 9.76. The van der Waals surface area contributed by atoms with Gasteiger partial charge in [-0.05, 0) is 31.2 Å². The van der Waals surface area contributed by atoms with Gasteiger partial charge in [-0.15, -0.1) is 21.5 Å². The number of nitrogens with zero attached hydrogens (tertiary/aromatic N) is 3. The highest BCUT2D eigenvalue weighted by molar-refractivity contribution is 7.99. The first-order valence-electron chi connectivity index (χ1n) is 8.82. The van der Waals surface area contributed by atoms with E-state index in [1.165, 1.54) is 40.0 Å². The fourth-order valence-corrected chi connectivity index (χ4v) is 5.76. The number of hydrogen-bond donors (Lipinski definition) is 2. The molecule has 7 nitrogen and oxygen atoms in total. The van der Waals surface area contributed by atoms with Crippen molar-refractivity contribution in [3.63, 3.8) is 0 Å². The topological polar surface area (TPSA) is 101 Å². The highest BCUT2D eigenvalue weighted by atomic mass is 32.2. The normalized spacial score (nSPS) is 13.9. The minimum absolute atomic E-state index is 0.104. The van der Waals surface area contributed by atoms with Crippen LogP contribution in [0.25, 0.3) is 10.2 Å². The first kappa shape index (κ1) is 18.6. The number of carbonyl (C=O) groups is 1. The van der Waals surface area contributed by atoms with Crippen LogP contribution in [0, 0.1) is 0 Å². The lowest BCUT2D eigenvalue weighted by Crippen LogP contribution is -2.15. The minimum Gasteiger partial charge on any atom is -0.301 e. The molecule has 0 unspecified atom stereocenters. The first-order chi connectivity index (χ1) is 13.0. The van der Waals surface area contributed by atoms with Gasteiger partial charge in [-0.2, -0.15) is 0 Å². The van der Waals surface area contributed by atoms with E-state index in [0.717, 1.165) is 34.5 Å². The summed E-state index contributed by atoms with van der Waals surface area (Å²) in [5.41, 5.74) is 1.06. The molecular weight excluding hydrogens is 402 g/mol.